The Bertz CT molecular complexity index is 821. The number of anilines is 2. The summed E-state index contributed by atoms with van der Waals surface area (Å²) in [6.45, 7) is 1.82. The van der Waals surface area contributed by atoms with Gasteiger partial charge >= 0.3 is 0 Å². The van der Waals surface area contributed by atoms with Crippen LogP contribution in [0.25, 0.3) is 0 Å². The molecule has 122 valence electrons. The van der Waals surface area contributed by atoms with Crippen molar-refractivity contribution in [1.82, 2.24) is 5.43 Å². The van der Waals surface area contributed by atoms with Gasteiger partial charge in [-0.3, -0.25) is 20.0 Å². The van der Waals surface area contributed by atoms with E-state index in [9.17, 15) is 9.59 Å². The first-order valence-corrected chi connectivity index (χ1v) is 8.10. The van der Waals surface area contributed by atoms with Gasteiger partial charge in [0.25, 0.3) is 11.8 Å². The number of nitrogens with zero attached hydrogens (tertiary/aromatic N) is 2. The quantitative estimate of drug-likeness (QED) is 0.851. The molecule has 0 saturated carbocycles. The van der Waals surface area contributed by atoms with Crippen LogP contribution in [0.15, 0.2) is 58.0 Å². The molecule has 0 radical (unpaired) electrons. The maximum Gasteiger partial charge on any atom is 0.292 e. The molecule has 2 aromatic carbocycles. The maximum absolute atomic E-state index is 12.4. The van der Waals surface area contributed by atoms with Crippen molar-refractivity contribution in [3.8, 4) is 0 Å². The van der Waals surface area contributed by atoms with E-state index in [1.165, 1.54) is 5.01 Å². The molecule has 7 heteroatoms. The van der Waals surface area contributed by atoms with Gasteiger partial charge in [-0.15, -0.1) is 0 Å². The van der Waals surface area contributed by atoms with Crippen molar-refractivity contribution >= 4 is 45.0 Å². The molecule has 0 aliphatic carbocycles. The van der Waals surface area contributed by atoms with E-state index in [1.54, 1.807) is 18.2 Å². The summed E-state index contributed by atoms with van der Waals surface area (Å²) < 4.78 is 0.937. The van der Waals surface area contributed by atoms with Gasteiger partial charge < -0.3 is 5.32 Å². The Balaban J connectivity index is 1.77. The number of hydrogen-bond acceptors (Lipinski definition) is 4. The van der Waals surface area contributed by atoms with Gasteiger partial charge in [0.05, 0.1) is 5.69 Å². The van der Waals surface area contributed by atoms with Crippen LogP contribution in [0, 0.1) is 6.92 Å². The summed E-state index contributed by atoms with van der Waals surface area (Å²) in [5.41, 5.74) is 5.05. The number of rotatable bonds is 3. The monoisotopic (exact) mass is 386 g/mol. The van der Waals surface area contributed by atoms with Crippen molar-refractivity contribution in [2.24, 2.45) is 4.99 Å². The van der Waals surface area contributed by atoms with Gasteiger partial charge in [-0.05, 0) is 42.8 Å². The van der Waals surface area contributed by atoms with Crippen molar-refractivity contribution in [3.63, 3.8) is 0 Å². The lowest BCUT2D eigenvalue weighted by Gasteiger charge is -2.27. The molecule has 6 nitrogen and oxygen atoms in total. The molecule has 0 saturated heterocycles. The van der Waals surface area contributed by atoms with Crippen LogP contribution in [0.1, 0.15) is 5.56 Å². The fourth-order valence-electron chi connectivity index (χ4n) is 2.28. The van der Waals surface area contributed by atoms with Crippen molar-refractivity contribution in [1.29, 1.82) is 0 Å². The summed E-state index contributed by atoms with van der Waals surface area (Å²) in [5, 5.41) is 4.13. The van der Waals surface area contributed by atoms with Crippen molar-refractivity contribution in [2.75, 3.05) is 16.9 Å². The Kier molecular flexibility index (Phi) is 4.61. The number of aliphatic imine (C=N–C) groups is 1. The lowest BCUT2D eigenvalue weighted by Crippen LogP contribution is -2.54. The van der Waals surface area contributed by atoms with Crippen LogP contribution in [0.4, 0.5) is 11.4 Å². The number of nitrogens with one attached hydrogen (secondary N) is 2. The van der Waals surface area contributed by atoms with Crippen LogP contribution < -0.4 is 15.8 Å². The highest BCUT2D eigenvalue weighted by Gasteiger charge is 2.25. The predicted octanol–water partition coefficient (Wildman–Crippen LogP) is 2.65. The summed E-state index contributed by atoms with van der Waals surface area (Å²) in [6, 6.07) is 14.6. The highest BCUT2D eigenvalue weighted by molar-refractivity contribution is 9.10. The molecule has 2 amide bonds. The zero-order valence-corrected chi connectivity index (χ0v) is 14.5. The average molecular weight is 387 g/mol. The molecule has 1 aliphatic rings. The van der Waals surface area contributed by atoms with Crippen molar-refractivity contribution in [3.05, 3.63) is 58.6 Å². The van der Waals surface area contributed by atoms with Crippen LogP contribution >= 0.6 is 15.9 Å². The second-order valence-electron chi connectivity index (χ2n) is 5.25. The van der Waals surface area contributed by atoms with Gasteiger partial charge in [-0.2, -0.15) is 0 Å². The maximum atomic E-state index is 12.4. The SMILES string of the molecule is Cc1cc(Br)ccc1NC(=O)C1=NCC(=O)N(c2ccccc2)N1. The van der Waals surface area contributed by atoms with E-state index < -0.39 is 5.91 Å². The summed E-state index contributed by atoms with van der Waals surface area (Å²) in [5.74, 6) is -0.521. The second-order valence-corrected chi connectivity index (χ2v) is 6.17. The zero-order valence-electron chi connectivity index (χ0n) is 12.9. The Morgan fingerprint density at radius 1 is 1.25 bits per heavy atom. The number of hydrazine groups is 1. The molecule has 1 heterocycles. The standard InChI is InChI=1S/C17H15BrN4O2/c1-11-9-12(18)7-8-14(11)20-17(24)16-19-10-15(23)22(21-16)13-5-3-2-4-6-13/h2-9H,10H2,1H3,(H,19,21)(H,20,24). The number of aryl methyl sites for hydroxylation is 1. The number of hydrogen-bond donors (Lipinski definition) is 2. The fourth-order valence-corrected chi connectivity index (χ4v) is 2.75. The van der Waals surface area contributed by atoms with Gasteiger partial charge in [0.1, 0.15) is 6.54 Å². The number of amidine groups is 1. The summed E-state index contributed by atoms with van der Waals surface area (Å²) in [7, 11) is 0. The summed E-state index contributed by atoms with van der Waals surface area (Å²) in [6.07, 6.45) is 0. The Morgan fingerprint density at radius 2 is 2.00 bits per heavy atom. The first-order chi connectivity index (χ1) is 11.5. The molecule has 0 aromatic heterocycles. The molecule has 0 atom stereocenters. The molecule has 3 rings (SSSR count). The molecular formula is C17H15BrN4O2. The minimum atomic E-state index is -0.395. The Morgan fingerprint density at radius 3 is 2.71 bits per heavy atom. The topological polar surface area (TPSA) is 73.8 Å². The number of benzene rings is 2. The number of halogens is 1. The predicted molar refractivity (Wildman–Crippen MR) is 96.9 cm³/mol. The third-order valence-electron chi connectivity index (χ3n) is 3.51. The van der Waals surface area contributed by atoms with Crippen LogP contribution in [0.3, 0.4) is 0 Å². The van der Waals surface area contributed by atoms with Crippen LogP contribution in [0.5, 0.6) is 0 Å². The Labute approximate surface area is 147 Å². The van der Waals surface area contributed by atoms with E-state index in [0.29, 0.717) is 11.4 Å². The normalized spacial score (nSPS) is 14.0. The van der Waals surface area contributed by atoms with E-state index in [2.05, 4.69) is 31.7 Å². The first-order valence-electron chi connectivity index (χ1n) is 7.31. The number of carbonyl (C=O) groups is 2. The largest absolute Gasteiger partial charge is 0.319 e. The Hall–Kier alpha value is -2.67. The van der Waals surface area contributed by atoms with Crippen molar-refractivity contribution in [2.45, 2.75) is 6.92 Å². The molecular weight excluding hydrogens is 372 g/mol. The van der Waals surface area contributed by atoms with E-state index >= 15 is 0 Å². The molecule has 0 unspecified atom stereocenters. The number of amides is 2. The van der Waals surface area contributed by atoms with E-state index in [1.807, 2.05) is 37.3 Å². The van der Waals surface area contributed by atoms with Crippen LogP contribution in [-0.2, 0) is 9.59 Å². The fraction of sp³-hybridized carbons (Fsp3) is 0.118. The van der Waals surface area contributed by atoms with Gasteiger partial charge in [0.15, 0.2) is 0 Å². The molecule has 0 bridgehead atoms. The van der Waals surface area contributed by atoms with E-state index in [-0.39, 0.29) is 18.3 Å². The molecule has 2 aromatic rings. The minimum absolute atomic E-state index is 0.0794. The molecule has 1 aliphatic heterocycles. The average Bonchev–Trinajstić information content (AvgIpc) is 2.58. The molecule has 2 N–H and O–H groups in total. The third kappa shape index (κ3) is 3.46. The van der Waals surface area contributed by atoms with E-state index in [4.69, 9.17) is 0 Å². The van der Waals surface area contributed by atoms with Crippen molar-refractivity contribution < 1.29 is 9.59 Å². The highest BCUT2D eigenvalue weighted by Crippen LogP contribution is 2.20. The molecule has 0 spiro atoms. The van der Waals surface area contributed by atoms with E-state index in [0.717, 1.165) is 10.0 Å². The van der Waals surface area contributed by atoms with Crippen LogP contribution in [0.2, 0.25) is 0 Å². The number of para-hydroxylation sites is 1. The highest BCUT2D eigenvalue weighted by atomic mass is 79.9. The number of carbonyl (C=O) groups excluding carboxylic acids is 2. The zero-order chi connectivity index (χ0) is 17.1. The minimum Gasteiger partial charge on any atom is -0.319 e. The van der Waals surface area contributed by atoms with Gasteiger partial charge in [0, 0.05) is 10.2 Å². The lowest BCUT2D eigenvalue weighted by molar-refractivity contribution is -0.118. The molecule has 24 heavy (non-hydrogen) atoms. The second kappa shape index (κ2) is 6.84. The lowest BCUT2D eigenvalue weighted by atomic mass is 10.2. The van der Waals surface area contributed by atoms with Gasteiger partial charge in [0.2, 0.25) is 5.84 Å². The summed E-state index contributed by atoms with van der Waals surface area (Å²) >= 11 is 3.39. The van der Waals surface area contributed by atoms with Gasteiger partial charge in [-0.1, -0.05) is 34.1 Å². The third-order valence-corrected chi connectivity index (χ3v) is 4.00. The first kappa shape index (κ1) is 16.2. The summed E-state index contributed by atoms with van der Waals surface area (Å²) in [4.78, 5) is 28.5. The molecule has 0 fully saturated rings. The smallest absolute Gasteiger partial charge is 0.292 e. The van der Waals surface area contributed by atoms with Crippen LogP contribution in [-0.4, -0.2) is 24.2 Å². The van der Waals surface area contributed by atoms with Gasteiger partial charge in [-0.25, -0.2) is 5.01 Å².